The van der Waals surface area contributed by atoms with Gasteiger partial charge in [-0.3, -0.25) is 4.79 Å². The van der Waals surface area contributed by atoms with E-state index in [9.17, 15) is 4.79 Å². The maximum absolute atomic E-state index is 13.1. The lowest BCUT2D eigenvalue weighted by molar-refractivity contribution is -0.136. The zero-order chi connectivity index (χ0) is 15.3. The first-order chi connectivity index (χ1) is 10.2. The third-order valence-corrected chi connectivity index (χ3v) is 4.55. The molecule has 0 aromatic heterocycles. The molecule has 1 aliphatic rings. The summed E-state index contributed by atoms with van der Waals surface area (Å²) in [5.41, 5.74) is 0.652. The Labute approximate surface area is 127 Å². The fourth-order valence-electron chi connectivity index (χ4n) is 3.29. The Kier molecular flexibility index (Phi) is 5.05. The number of carbonyl (C=O) groups is 1. The van der Waals surface area contributed by atoms with Gasteiger partial charge >= 0.3 is 0 Å². The second-order valence-electron chi connectivity index (χ2n) is 5.66. The highest BCUT2D eigenvalue weighted by molar-refractivity contribution is 5.88. The Hall–Kier alpha value is -1.77. The van der Waals surface area contributed by atoms with Gasteiger partial charge in [0.15, 0.2) is 0 Å². The topological polar surface area (TPSA) is 29.5 Å². The number of nitrogens with zero attached hydrogens (tertiary/aromatic N) is 1. The summed E-state index contributed by atoms with van der Waals surface area (Å²) in [6.45, 7) is 7.35. The molecule has 1 saturated heterocycles. The van der Waals surface area contributed by atoms with E-state index in [4.69, 9.17) is 4.74 Å². The lowest BCUT2D eigenvalue weighted by atomic mass is 9.73. The molecule has 0 bridgehead atoms. The average Bonchev–Trinajstić information content (AvgIpc) is 2.68. The first-order valence-corrected chi connectivity index (χ1v) is 7.72. The number of carbonyl (C=O) groups excluding carboxylic acids is 1. The molecule has 0 spiro atoms. The number of rotatable bonds is 5. The van der Waals surface area contributed by atoms with Crippen molar-refractivity contribution in [3.63, 3.8) is 0 Å². The minimum atomic E-state index is -0.423. The van der Waals surface area contributed by atoms with Crippen LogP contribution in [0.5, 0.6) is 5.75 Å². The number of methoxy groups -OCH3 is 1. The summed E-state index contributed by atoms with van der Waals surface area (Å²) in [7, 11) is 1.66. The Balaban J connectivity index is 2.45. The fourth-order valence-corrected chi connectivity index (χ4v) is 3.29. The quantitative estimate of drug-likeness (QED) is 0.775. The molecule has 0 saturated carbocycles. The summed E-state index contributed by atoms with van der Waals surface area (Å²) >= 11 is 0. The van der Waals surface area contributed by atoms with Gasteiger partial charge in [0.1, 0.15) is 5.75 Å². The van der Waals surface area contributed by atoms with Crippen LogP contribution in [-0.2, 0) is 10.2 Å². The van der Waals surface area contributed by atoms with Crippen LogP contribution < -0.4 is 4.74 Å². The molecule has 21 heavy (non-hydrogen) atoms. The van der Waals surface area contributed by atoms with Crippen LogP contribution in [0.15, 0.2) is 36.9 Å². The number of benzene rings is 1. The summed E-state index contributed by atoms with van der Waals surface area (Å²) in [4.78, 5) is 15.1. The van der Waals surface area contributed by atoms with E-state index in [1.54, 1.807) is 7.11 Å². The molecule has 1 heterocycles. The molecule has 3 nitrogen and oxygen atoms in total. The van der Waals surface area contributed by atoms with Gasteiger partial charge in [0.05, 0.1) is 12.5 Å². The van der Waals surface area contributed by atoms with Crippen molar-refractivity contribution in [3.05, 3.63) is 42.5 Å². The molecule has 3 heteroatoms. The van der Waals surface area contributed by atoms with Crippen LogP contribution in [0.2, 0.25) is 0 Å². The summed E-state index contributed by atoms with van der Waals surface area (Å²) in [5, 5.41) is 0. The van der Waals surface area contributed by atoms with Crippen molar-refractivity contribution in [2.45, 2.75) is 38.0 Å². The van der Waals surface area contributed by atoms with Gasteiger partial charge in [-0.05, 0) is 37.0 Å². The van der Waals surface area contributed by atoms with Gasteiger partial charge in [-0.15, -0.1) is 6.58 Å². The van der Waals surface area contributed by atoms with E-state index in [1.165, 1.54) is 0 Å². The third kappa shape index (κ3) is 2.97. The molecule has 0 aliphatic carbocycles. The molecule has 1 fully saturated rings. The van der Waals surface area contributed by atoms with Crippen molar-refractivity contribution >= 4 is 5.91 Å². The smallest absolute Gasteiger partial charge is 0.233 e. The lowest BCUT2D eigenvalue weighted by Gasteiger charge is -2.34. The summed E-state index contributed by atoms with van der Waals surface area (Å²) in [6, 6.07) is 7.97. The highest BCUT2D eigenvalue weighted by Gasteiger charge is 2.42. The summed E-state index contributed by atoms with van der Waals surface area (Å²) in [5.74, 6) is 1.04. The predicted octanol–water partition coefficient (Wildman–Crippen LogP) is 3.54. The van der Waals surface area contributed by atoms with E-state index in [0.717, 1.165) is 43.5 Å². The van der Waals surface area contributed by atoms with Crippen LogP contribution in [0, 0.1) is 0 Å². The Morgan fingerprint density at radius 2 is 2.24 bits per heavy atom. The van der Waals surface area contributed by atoms with Crippen LogP contribution in [0.1, 0.15) is 38.2 Å². The van der Waals surface area contributed by atoms with Crippen molar-refractivity contribution in [3.8, 4) is 5.75 Å². The highest BCUT2D eigenvalue weighted by atomic mass is 16.5. The average molecular weight is 287 g/mol. The van der Waals surface area contributed by atoms with Gasteiger partial charge in [-0.25, -0.2) is 0 Å². The van der Waals surface area contributed by atoms with Crippen molar-refractivity contribution in [2.75, 3.05) is 20.2 Å². The molecule has 0 N–H and O–H groups in total. The van der Waals surface area contributed by atoms with Gasteiger partial charge in [0.2, 0.25) is 5.91 Å². The molecule has 1 unspecified atom stereocenters. The van der Waals surface area contributed by atoms with E-state index in [1.807, 2.05) is 29.2 Å². The fraction of sp³-hybridized carbons (Fsp3) is 0.500. The zero-order valence-electron chi connectivity index (χ0n) is 13.1. The minimum Gasteiger partial charge on any atom is -0.497 e. The molecule has 114 valence electrons. The van der Waals surface area contributed by atoms with Crippen LogP contribution in [-0.4, -0.2) is 31.0 Å². The molecule has 1 aliphatic heterocycles. The molecular weight excluding hydrogens is 262 g/mol. The molecule has 2 rings (SSSR count). The van der Waals surface area contributed by atoms with Gasteiger partial charge in [-0.1, -0.05) is 31.6 Å². The van der Waals surface area contributed by atoms with E-state index in [0.29, 0.717) is 6.54 Å². The molecule has 1 aromatic carbocycles. The molecule has 1 aromatic rings. The Bertz CT molecular complexity index is 512. The lowest BCUT2D eigenvalue weighted by Crippen LogP contribution is -2.45. The Morgan fingerprint density at radius 3 is 2.90 bits per heavy atom. The third-order valence-electron chi connectivity index (χ3n) is 4.55. The van der Waals surface area contributed by atoms with Crippen LogP contribution in [0.25, 0.3) is 0 Å². The number of likely N-dealkylation sites (tertiary alicyclic amines) is 1. The SMILES string of the molecule is C=CCN1CCCCC(CC)(c2cccc(OC)c2)C1=O. The number of amides is 1. The van der Waals surface area contributed by atoms with Crippen molar-refractivity contribution in [2.24, 2.45) is 0 Å². The predicted molar refractivity (Wildman–Crippen MR) is 85.6 cm³/mol. The van der Waals surface area contributed by atoms with E-state index >= 15 is 0 Å². The van der Waals surface area contributed by atoms with Crippen LogP contribution in [0.4, 0.5) is 0 Å². The standard InChI is InChI=1S/C18H25NO2/c1-4-12-19-13-7-6-11-18(5-2,17(19)20)15-9-8-10-16(14-15)21-3/h4,8-10,14H,1,5-7,11-13H2,2-3H3. The van der Waals surface area contributed by atoms with Crippen molar-refractivity contribution in [1.82, 2.24) is 4.90 Å². The molecular formula is C18H25NO2. The van der Waals surface area contributed by atoms with Gasteiger partial charge in [-0.2, -0.15) is 0 Å². The monoisotopic (exact) mass is 287 g/mol. The van der Waals surface area contributed by atoms with Crippen molar-refractivity contribution in [1.29, 1.82) is 0 Å². The van der Waals surface area contributed by atoms with E-state index in [2.05, 4.69) is 19.6 Å². The second-order valence-corrected chi connectivity index (χ2v) is 5.66. The maximum Gasteiger partial charge on any atom is 0.233 e. The van der Waals surface area contributed by atoms with Gasteiger partial charge < -0.3 is 9.64 Å². The number of hydrogen-bond acceptors (Lipinski definition) is 2. The molecule has 1 atom stereocenters. The second kappa shape index (κ2) is 6.79. The highest BCUT2D eigenvalue weighted by Crippen LogP contribution is 2.38. The first-order valence-electron chi connectivity index (χ1n) is 7.72. The van der Waals surface area contributed by atoms with Crippen LogP contribution in [0.3, 0.4) is 0 Å². The largest absolute Gasteiger partial charge is 0.497 e. The normalized spacial score (nSPS) is 22.8. The molecule has 0 radical (unpaired) electrons. The first kappa shape index (κ1) is 15.6. The minimum absolute atomic E-state index is 0.232. The maximum atomic E-state index is 13.1. The van der Waals surface area contributed by atoms with E-state index < -0.39 is 5.41 Å². The van der Waals surface area contributed by atoms with Crippen LogP contribution >= 0.6 is 0 Å². The van der Waals surface area contributed by atoms with Gasteiger partial charge in [0.25, 0.3) is 0 Å². The molecule has 1 amide bonds. The van der Waals surface area contributed by atoms with E-state index in [-0.39, 0.29) is 5.91 Å². The summed E-state index contributed by atoms with van der Waals surface area (Å²) < 4.78 is 5.33. The van der Waals surface area contributed by atoms with Crippen molar-refractivity contribution < 1.29 is 9.53 Å². The van der Waals surface area contributed by atoms with Gasteiger partial charge in [0, 0.05) is 13.1 Å². The Morgan fingerprint density at radius 1 is 1.43 bits per heavy atom. The zero-order valence-corrected chi connectivity index (χ0v) is 13.1. The number of ether oxygens (including phenoxy) is 1. The summed E-state index contributed by atoms with van der Waals surface area (Å²) in [6.07, 6.45) is 5.67. The number of hydrogen-bond donors (Lipinski definition) is 0.